The molecular formula is C22H28N2O2. The Hall–Kier alpha value is -2.62. The molecule has 2 aromatic rings. The molecule has 138 valence electrons. The number of anilines is 1. The average molecular weight is 352 g/mol. The second-order valence-corrected chi connectivity index (χ2v) is 7.96. The Morgan fingerprint density at radius 1 is 0.846 bits per heavy atom. The van der Waals surface area contributed by atoms with Gasteiger partial charge in [-0.15, -0.1) is 0 Å². The van der Waals surface area contributed by atoms with Gasteiger partial charge in [0.2, 0.25) is 0 Å². The van der Waals surface area contributed by atoms with Crippen molar-refractivity contribution in [1.29, 1.82) is 0 Å². The van der Waals surface area contributed by atoms with Gasteiger partial charge >= 0.3 is 0 Å². The highest BCUT2D eigenvalue weighted by molar-refractivity contribution is 6.05. The van der Waals surface area contributed by atoms with Crippen molar-refractivity contribution in [3.05, 3.63) is 65.2 Å². The molecule has 4 heteroatoms. The van der Waals surface area contributed by atoms with Crippen molar-refractivity contribution in [3.8, 4) is 0 Å². The highest BCUT2D eigenvalue weighted by Crippen LogP contribution is 2.23. The Bertz CT molecular complexity index is 754. The van der Waals surface area contributed by atoms with Gasteiger partial charge in [-0.25, -0.2) is 0 Å². The number of benzene rings is 2. The number of hydrogen-bond acceptors (Lipinski definition) is 2. The van der Waals surface area contributed by atoms with Crippen molar-refractivity contribution in [2.24, 2.45) is 5.92 Å². The van der Waals surface area contributed by atoms with Gasteiger partial charge in [0.15, 0.2) is 0 Å². The number of carbonyl (C=O) groups is 2. The molecule has 0 heterocycles. The predicted molar refractivity (Wildman–Crippen MR) is 107 cm³/mol. The maximum Gasteiger partial charge on any atom is 0.255 e. The molecule has 0 saturated heterocycles. The lowest BCUT2D eigenvalue weighted by Crippen LogP contribution is -2.27. The first-order chi connectivity index (χ1) is 12.2. The third-order valence-corrected chi connectivity index (χ3v) is 4.09. The van der Waals surface area contributed by atoms with E-state index in [4.69, 9.17) is 0 Å². The Balaban J connectivity index is 2.00. The van der Waals surface area contributed by atoms with Crippen molar-refractivity contribution >= 4 is 17.5 Å². The summed E-state index contributed by atoms with van der Waals surface area (Å²) in [5.41, 5.74) is 3.12. The zero-order chi connectivity index (χ0) is 19.3. The molecule has 26 heavy (non-hydrogen) atoms. The number of nitrogens with one attached hydrogen (secondary N) is 2. The zero-order valence-electron chi connectivity index (χ0n) is 16.2. The SMILES string of the molecule is CC(C)CNC(=O)c1ccc(C(=O)Nc2ccc(C(C)(C)C)cc2)cc1. The Kier molecular flexibility index (Phi) is 6.19. The predicted octanol–water partition coefficient (Wildman–Crippen LogP) is 4.62. The topological polar surface area (TPSA) is 58.2 Å². The van der Waals surface area contributed by atoms with Gasteiger partial charge in [-0.2, -0.15) is 0 Å². The van der Waals surface area contributed by atoms with Gasteiger partial charge in [-0.3, -0.25) is 9.59 Å². The fraction of sp³-hybridized carbons (Fsp3) is 0.364. The Labute approximate surface area is 156 Å². The van der Waals surface area contributed by atoms with Crippen LogP contribution >= 0.6 is 0 Å². The van der Waals surface area contributed by atoms with Gasteiger partial charge in [0, 0.05) is 23.4 Å². The summed E-state index contributed by atoms with van der Waals surface area (Å²) in [5.74, 6) is 0.0831. The van der Waals surface area contributed by atoms with Crippen LogP contribution in [0.15, 0.2) is 48.5 Å². The largest absolute Gasteiger partial charge is 0.352 e. The lowest BCUT2D eigenvalue weighted by Gasteiger charge is -2.19. The number of rotatable bonds is 5. The number of hydrogen-bond donors (Lipinski definition) is 2. The lowest BCUT2D eigenvalue weighted by atomic mass is 9.87. The van der Waals surface area contributed by atoms with Crippen molar-refractivity contribution < 1.29 is 9.59 Å². The van der Waals surface area contributed by atoms with Gasteiger partial charge in [-0.05, 0) is 53.3 Å². The normalized spacial score (nSPS) is 11.3. The molecular weight excluding hydrogens is 324 g/mol. The minimum Gasteiger partial charge on any atom is -0.352 e. The van der Waals surface area contributed by atoms with Crippen LogP contribution < -0.4 is 10.6 Å². The fourth-order valence-electron chi connectivity index (χ4n) is 2.43. The van der Waals surface area contributed by atoms with E-state index in [1.54, 1.807) is 24.3 Å². The second kappa shape index (κ2) is 8.17. The molecule has 2 aromatic carbocycles. The Morgan fingerprint density at radius 3 is 1.81 bits per heavy atom. The van der Waals surface area contributed by atoms with E-state index >= 15 is 0 Å². The first-order valence-electron chi connectivity index (χ1n) is 8.97. The van der Waals surface area contributed by atoms with Gasteiger partial charge in [0.05, 0.1) is 0 Å². The minimum atomic E-state index is -0.192. The van der Waals surface area contributed by atoms with Crippen molar-refractivity contribution in [3.63, 3.8) is 0 Å². The molecule has 2 amide bonds. The fourth-order valence-corrected chi connectivity index (χ4v) is 2.43. The summed E-state index contributed by atoms with van der Waals surface area (Å²) >= 11 is 0. The van der Waals surface area contributed by atoms with E-state index in [0.29, 0.717) is 23.6 Å². The van der Waals surface area contributed by atoms with E-state index < -0.39 is 0 Å². The monoisotopic (exact) mass is 352 g/mol. The smallest absolute Gasteiger partial charge is 0.255 e. The van der Waals surface area contributed by atoms with Gasteiger partial charge in [0.25, 0.3) is 11.8 Å². The Morgan fingerprint density at radius 2 is 1.35 bits per heavy atom. The van der Waals surface area contributed by atoms with Crippen molar-refractivity contribution in [2.45, 2.75) is 40.0 Å². The van der Waals surface area contributed by atoms with E-state index in [0.717, 1.165) is 5.69 Å². The second-order valence-electron chi connectivity index (χ2n) is 7.96. The molecule has 0 atom stereocenters. The molecule has 0 aliphatic rings. The molecule has 4 nitrogen and oxygen atoms in total. The van der Waals surface area contributed by atoms with Crippen LogP contribution in [0.3, 0.4) is 0 Å². The summed E-state index contributed by atoms with van der Waals surface area (Å²) in [4.78, 5) is 24.4. The van der Waals surface area contributed by atoms with Gasteiger partial charge < -0.3 is 10.6 Å². The molecule has 0 radical (unpaired) electrons. The maximum absolute atomic E-state index is 12.4. The first kappa shape index (κ1) is 19.7. The highest BCUT2D eigenvalue weighted by atomic mass is 16.2. The van der Waals surface area contributed by atoms with Crippen LogP contribution in [0.2, 0.25) is 0 Å². The van der Waals surface area contributed by atoms with Crippen LogP contribution in [0.5, 0.6) is 0 Å². The van der Waals surface area contributed by atoms with Gasteiger partial charge in [-0.1, -0.05) is 46.8 Å². The minimum absolute atomic E-state index is 0.0779. The van der Waals surface area contributed by atoms with Crippen LogP contribution in [-0.2, 0) is 5.41 Å². The molecule has 0 fully saturated rings. The molecule has 0 saturated carbocycles. The number of amides is 2. The molecule has 2 N–H and O–H groups in total. The third-order valence-electron chi connectivity index (χ3n) is 4.09. The lowest BCUT2D eigenvalue weighted by molar-refractivity contribution is 0.0947. The summed E-state index contributed by atoms with van der Waals surface area (Å²) in [7, 11) is 0. The van der Waals surface area contributed by atoms with Crippen LogP contribution in [0.1, 0.15) is 60.9 Å². The average Bonchev–Trinajstić information content (AvgIpc) is 2.59. The third kappa shape index (κ3) is 5.45. The molecule has 0 unspecified atom stereocenters. The molecule has 0 aliphatic carbocycles. The molecule has 0 aromatic heterocycles. The van der Waals surface area contributed by atoms with E-state index in [-0.39, 0.29) is 17.2 Å². The highest BCUT2D eigenvalue weighted by Gasteiger charge is 2.14. The standard InChI is InChI=1S/C22H28N2O2/c1-15(2)14-23-20(25)16-6-8-17(9-7-16)21(26)24-19-12-10-18(11-13-19)22(3,4)5/h6-13,15H,14H2,1-5H3,(H,23,25)(H,24,26). The van der Waals surface area contributed by atoms with Crippen LogP contribution in [-0.4, -0.2) is 18.4 Å². The maximum atomic E-state index is 12.4. The number of carbonyl (C=O) groups excluding carboxylic acids is 2. The summed E-state index contributed by atoms with van der Waals surface area (Å²) in [6.45, 7) is 11.2. The first-order valence-corrected chi connectivity index (χ1v) is 8.97. The van der Waals surface area contributed by atoms with E-state index in [9.17, 15) is 9.59 Å². The summed E-state index contributed by atoms with van der Waals surface area (Å²) in [6, 6.07) is 14.6. The molecule has 0 aliphatic heterocycles. The quantitative estimate of drug-likeness (QED) is 0.825. The molecule has 0 spiro atoms. The summed E-state index contributed by atoms with van der Waals surface area (Å²) < 4.78 is 0. The van der Waals surface area contributed by atoms with Crippen molar-refractivity contribution in [2.75, 3.05) is 11.9 Å². The molecule has 2 rings (SSSR count). The van der Waals surface area contributed by atoms with Gasteiger partial charge in [0.1, 0.15) is 0 Å². The molecule has 0 bridgehead atoms. The zero-order valence-corrected chi connectivity index (χ0v) is 16.2. The van der Waals surface area contributed by atoms with Crippen LogP contribution in [0.4, 0.5) is 5.69 Å². The van der Waals surface area contributed by atoms with Crippen molar-refractivity contribution in [1.82, 2.24) is 5.32 Å². The van der Waals surface area contributed by atoms with E-state index in [2.05, 4.69) is 31.4 Å². The summed E-state index contributed by atoms with van der Waals surface area (Å²) in [6.07, 6.45) is 0. The van der Waals surface area contributed by atoms with E-state index in [1.807, 2.05) is 38.1 Å². The van der Waals surface area contributed by atoms with Crippen LogP contribution in [0.25, 0.3) is 0 Å². The van der Waals surface area contributed by atoms with Crippen LogP contribution in [0, 0.1) is 5.92 Å². The summed E-state index contributed by atoms with van der Waals surface area (Å²) in [5, 5.41) is 5.75. The van der Waals surface area contributed by atoms with E-state index in [1.165, 1.54) is 5.56 Å².